The van der Waals surface area contributed by atoms with Crippen LogP contribution in [0.2, 0.25) is 0 Å². The zero-order valence-corrected chi connectivity index (χ0v) is 9.62. The van der Waals surface area contributed by atoms with Crippen LogP contribution in [0.4, 0.5) is 0 Å². The number of nitrogens with two attached hydrogens (primary N) is 1. The molecule has 1 aromatic heterocycles. The van der Waals surface area contributed by atoms with Crippen LogP contribution < -0.4 is 5.73 Å². The van der Waals surface area contributed by atoms with Crippen molar-refractivity contribution in [3.05, 3.63) is 17.3 Å². The van der Waals surface area contributed by atoms with Crippen LogP contribution in [-0.4, -0.2) is 4.98 Å². The summed E-state index contributed by atoms with van der Waals surface area (Å²) in [6, 6.07) is 0. The Bertz CT molecular complexity index is 324. The zero-order chi connectivity index (χ0) is 10.8. The lowest BCUT2D eigenvalue weighted by atomic mass is 10.1. The van der Waals surface area contributed by atoms with Crippen LogP contribution in [0.5, 0.6) is 0 Å². The number of oxazole rings is 1. The molecule has 84 valence electrons. The van der Waals surface area contributed by atoms with Crippen LogP contribution in [0.1, 0.15) is 68.7 Å². The van der Waals surface area contributed by atoms with E-state index in [-0.39, 0.29) is 0 Å². The summed E-state index contributed by atoms with van der Waals surface area (Å²) >= 11 is 0. The number of aromatic nitrogens is 1. The van der Waals surface area contributed by atoms with Gasteiger partial charge >= 0.3 is 0 Å². The van der Waals surface area contributed by atoms with Gasteiger partial charge in [-0.1, -0.05) is 26.7 Å². The predicted octanol–water partition coefficient (Wildman–Crippen LogP) is 2.91. The highest BCUT2D eigenvalue weighted by molar-refractivity contribution is 5.15. The molecule has 1 aliphatic rings. The van der Waals surface area contributed by atoms with Gasteiger partial charge in [0, 0.05) is 5.92 Å². The zero-order valence-electron chi connectivity index (χ0n) is 9.62. The van der Waals surface area contributed by atoms with E-state index in [0.717, 1.165) is 17.3 Å². The van der Waals surface area contributed by atoms with E-state index in [9.17, 15) is 0 Å². The molecule has 0 amide bonds. The molecule has 0 atom stereocenters. The Labute approximate surface area is 91.1 Å². The summed E-state index contributed by atoms with van der Waals surface area (Å²) in [6.45, 7) is 4.73. The predicted molar refractivity (Wildman–Crippen MR) is 59.7 cm³/mol. The number of rotatable bonds is 3. The van der Waals surface area contributed by atoms with Crippen molar-refractivity contribution in [3.63, 3.8) is 0 Å². The molecule has 1 heterocycles. The van der Waals surface area contributed by atoms with Crippen molar-refractivity contribution in [1.82, 2.24) is 4.98 Å². The Hall–Kier alpha value is -0.830. The van der Waals surface area contributed by atoms with Gasteiger partial charge in [0.05, 0.1) is 12.2 Å². The highest BCUT2D eigenvalue weighted by Gasteiger charge is 2.24. The summed E-state index contributed by atoms with van der Waals surface area (Å²) in [7, 11) is 0. The Balaban J connectivity index is 2.25. The first kappa shape index (κ1) is 10.7. The molecule has 0 radical (unpaired) electrons. The van der Waals surface area contributed by atoms with Crippen molar-refractivity contribution in [2.24, 2.45) is 5.73 Å². The highest BCUT2D eigenvalue weighted by Crippen LogP contribution is 2.35. The molecule has 15 heavy (non-hydrogen) atoms. The van der Waals surface area contributed by atoms with Crippen LogP contribution in [0.3, 0.4) is 0 Å². The quantitative estimate of drug-likeness (QED) is 0.831. The van der Waals surface area contributed by atoms with Gasteiger partial charge in [-0.3, -0.25) is 0 Å². The van der Waals surface area contributed by atoms with E-state index in [1.54, 1.807) is 0 Å². The van der Waals surface area contributed by atoms with E-state index < -0.39 is 0 Å². The summed E-state index contributed by atoms with van der Waals surface area (Å²) in [4.78, 5) is 4.62. The van der Waals surface area contributed by atoms with Gasteiger partial charge in [0.15, 0.2) is 5.89 Å². The van der Waals surface area contributed by atoms with Gasteiger partial charge in [-0.05, 0) is 18.8 Å². The Morgan fingerprint density at radius 2 is 2.07 bits per heavy atom. The van der Waals surface area contributed by atoms with Crippen molar-refractivity contribution in [2.75, 3.05) is 0 Å². The first-order valence-electron chi connectivity index (χ1n) is 5.92. The molecular formula is C12H20N2O. The lowest BCUT2D eigenvalue weighted by Gasteiger charge is -2.01. The third-order valence-electron chi connectivity index (χ3n) is 3.18. The smallest absolute Gasteiger partial charge is 0.197 e. The lowest BCUT2D eigenvalue weighted by Crippen LogP contribution is -2.00. The highest BCUT2D eigenvalue weighted by atomic mass is 16.4. The van der Waals surface area contributed by atoms with Crippen molar-refractivity contribution in [1.29, 1.82) is 0 Å². The minimum Gasteiger partial charge on any atom is -0.444 e. The van der Waals surface area contributed by atoms with Crippen LogP contribution in [-0.2, 0) is 6.54 Å². The van der Waals surface area contributed by atoms with E-state index in [4.69, 9.17) is 10.2 Å². The molecule has 0 unspecified atom stereocenters. The average Bonchev–Trinajstić information content (AvgIpc) is 2.86. The largest absolute Gasteiger partial charge is 0.444 e. The maximum Gasteiger partial charge on any atom is 0.197 e. The van der Waals surface area contributed by atoms with Crippen molar-refractivity contribution in [3.8, 4) is 0 Å². The lowest BCUT2D eigenvalue weighted by molar-refractivity contribution is 0.419. The first-order chi connectivity index (χ1) is 7.22. The topological polar surface area (TPSA) is 52.0 Å². The fraction of sp³-hybridized carbons (Fsp3) is 0.750. The van der Waals surface area contributed by atoms with Gasteiger partial charge < -0.3 is 10.2 Å². The molecule has 0 spiro atoms. The molecule has 3 nitrogen and oxygen atoms in total. The molecule has 1 fully saturated rings. The minimum absolute atomic E-state index is 0.405. The average molecular weight is 208 g/mol. The Kier molecular flexibility index (Phi) is 3.10. The molecule has 0 saturated heterocycles. The minimum atomic E-state index is 0.405. The number of hydrogen-bond acceptors (Lipinski definition) is 3. The van der Waals surface area contributed by atoms with Gasteiger partial charge in [-0.15, -0.1) is 0 Å². The monoisotopic (exact) mass is 208 g/mol. The second-order valence-corrected chi connectivity index (χ2v) is 4.70. The summed E-state index contributed by atoms with van der Waals surface area (Å²) in [5.74, 6) is 2.76. The normalized spacial score (nSPS) is 17.9. The molecule has 2 rings (SSSR count). The van der Waals surface area contributed by atoms with E-state index in [1.165, 1.54) is 25.7 Å². The molecule has 0 aromatic carbocycles. The van der Waals surface area contributed by atoms with Crippen molar-refractivity contribution in [2.45, 2.75) is 57.9 Å². The van der Waals surface area contributed by atoms with Crippen LogP contribution in [0.25, 0.3) is 0 Å². The summed E-state index contributed by atoms with van der Waals surface area (Å²) < 4.78 is 5.77. The SMILES string of the molecule is CC(C)c1nc(C2CCCC2)oc1CN. The first-order valence-corrected chi connectivity index (χ1v) is 5.92. The van der Waals surface area contributed by atoms with E-state index >= 15 is 0 Å². The van der Waals surface area contributed by atoms with Crippen LogP contribution in [0.15, 0.2) is 4.42 Å². The molecular weight excluding hydrogens is 188 g/mol. The van der Waals surface area contributed by atoms with Crippen LogP contribution >= 0.6 is 0 Å². The van der Waals surface area contributed by atoms with Gasteiger partial charge in [0.2, 0.25) is 0 Å². The molecule has 2 N–H and O–H groups in total. The fourth-order valence-corrected chi connectivity index (χ4v) is 2.33. The fourth-order valence-electron chi connectivity index (χ4n) is 2.33. The second kappa shape index (κ2) is 4.35. The summed E-state index contributed by atoms with van der Waals surface area (Å²) in [5.41, 5.74) is 6.72. The van der Waals surface area contributed by atoms with Crippen molar-refractivity contribution < 1.29 is 4.42 Å². The molecule has 1 aromatic rings. The second-order valence-electron chi connectivity index (χ2n) is 4.70. The Morgan fingerprint density at radius 3 is 2.53 bits per heavy atom. The number of nitrogens with zero attached hydrogens (tertiary/aromatic N) is 1. The maximum atomic E-state index is 5.77. The van der Waals surface area contributed by atoms with E-state index in [0.29, 0.717) is 18.4 Å². The van der Waals surface area contributed by atoms with Crippen molar-refractivity contribution >= 4 is 0 Å². The standard InChI is InChI=1S/C12H20N2O/c1-8(2)11-10(7-13)15-12(14-11)9-5-3-4-6-9/h8-9H,3-7,13H2,1-2H3. The Morgan fingerprint density at radius 1 is 1.40 bits per heavy atom. The van der Waals surface area contributed by atoms with Gasteiger partial charge in [-0.2, -0.15) is 0 Å². The third-order valence-corrected chi connectivity index (χ3v) is 3.18. The maximum absolute atomic E-state index is 5.77. The number of hydrogen-bond donors (Lipinski definition) is 1. The molecule has 0 bridgehead atoms. The van der Waals surface area contributed by atoms with Gasteiger partial charge in [0.25, 0.3) is 0 Å². The van der Waals surface area contributed by atoms with Crippen LogP contribution in [0, 0.1) is 0 Å². The summed E-state index contributed by atoms with van der Waals surface area (Å²) in [6.07, 6.45) is 5.06. The summed E-state index contributed by atoms with van der Waals surface area (Å²) in [5, 5.41) is 0. The van der Waals surface area contributed by atoms with Gasteiger partial charge in [0.1, 0.15) is 5.76 Å². The van der Waals surface area contributed by atoms with E-state index in [2.05, 4.69) is 18.8 Å². The van der Waals surface area contributed by atoms with E-state index in [1.807, 2.05) is 0 Å². The van der Waals surface area contributed by atoms with Gasteiger partial charge in [-0.25, -0.2) is 4.98 Å². The molecule has 1 aliphatic carbocycles. The molecule has 3 heteroatoms. The molecule has 1 saturated carbocycles. The third kappa shape index (κ3) is 2.07. The molecule has 0 aliphatic heterocycles.